The minimum absolute atomic E-state index is 0.326. The van der Waals surface area contributed by atoms with E-state index in [0.29, 0.717) is 12.0 Å². The van der Waals surface area contributed by atoms with Crippen molar-refractivity contribution in [3.63, 3.8) is 0 Å². The molecule has 0 saturated carbocycles. The highest BCUT2D eigenvalue weighted by atomic mass is 32.2. The summed E-state index contributed by atoms with van der Waals surface area (Å²) < 4.78 is 33.6. The van der Waals surface area contributed by atoms with Gasteiger partial charge in [0.15, 0.2) is 0 Å². The van der Waals surface area contributed by atoms with Crippen molar-refractivity contribution in [2.24, 2.45) is 0 Å². The lowest BCUT2D eigenvalue weighted by Gasteiger charge is -2.05. The van der Waals surface area contributed by atoms with Gasteiger partial charge in [-0.15, -0.1) is 0 Å². The molecule has 88 valence electrons. The highest BCUT2D eigenvalue weighted by Crippen LogP contribution is 2.06. The molecule has 0 aromatic carbocycles. The standard InChI is InChI=1S/C9H16O5S/c1-3-4-5-8(2)9(10)14-6-7-15(11,12)13/h2-7H2,1H3,(H,11,12,13). The summed E-state index contributed by atoms with van der Waals surface area (Å²) in [5, 5.41) is 0. The molecule has 15 heavy (non-hydrogen) atoms. The lowest BCUT2D eigenvalue weighted by atomic mass is 10.1. The molecular weight excluding hydrogens is 220 g/mol. The van der Waals surface area contributed by atoms with Crippen LogP contribution in [0.4, 0.5) is 0 Å². The van der Waals surface area contributed by atoms with Gasteiger partial charge in [-0.25, -0.2) is 4.79 Å². The van der Waals surface area contributed by atoms with Crippen molar-refractivity contribution in [1.29, 1.82) is 0 Å². The number of hydrogen-bond donors (Lipinski definition) is 1. The van der Waals surface area contributed by atoms with E-state index in [1.807, 2.05) is 6.92 Å². The number of carbonyl (C=O) groups is 1. The zero-order valence-corrected chi connectivity index (χ0v) is 9.55. The van der Waals surface area contributed by atoms with E-state index in [0.717, 1.165) is 12.8 Å². The maximum Gasteiger partial charge on any atom is 0.333 e. The predicted molar refractivity (Wildman–Crippen MR) is 56.0 cm³/mol. The molecular formula is C9H16O5S. The van der Waals surface area contributed by atoms with Gasteiger partial charge in [-0.05, 0) is 12.8 Å². The smallest absolute Gasteiger partial charge is 0.333 e. The molecule has 0 aliphatic carbocycles. The van der Waals surface area contributed by atoms with Crippen LogP contribution in [0.5, 0.6) is 0 Å². The van der Waals surface area contributed by atoms with Crippen molar-refractivity contribution in [3.05, 3.63) is 12.2 Å². The average Bonchev–Trinajstić information content (AvgIpc) is 2.11. The first-order valence-electron chi connectivity index (χ1n) is 4.67. The summed E-state index contributed by atoms with van der Waals surface area (Å²) in [5.74, 6) is -1.19. The van der Waals surface area contributed by atoms with Gasteiger partial charge in [0.25, 0.3) is 10.1 Å². The number of ether oxygens (including phenoxy) is 1. The van der Waals surface area contributed by atoms with Gasteiger partial charge in [0.05, 0.1) is 0 Å². The zero-order valence-electron chi connectivity index (χ0n) is 8.73. The molecule has 0 aromatic rings. The van der Waals surface area contributed by atoms with Crippen molar-refractivity contribution in [2.75, 3.05) is 12.4 Å². The molecule has 0 amide bonds. The molecule has 0 aliphatic rings. The average molecular weight is 236 g/mol. The third kappa shape index (κ3) is 8.14. The molecule has 0 fully saturated rings. The van der Waals surface area contributed by atoms with Crippen LogP contribution in [0.3, 0.4) is 0 Å². The Kier molecular flexibility index (Phi) is 6.19. The topological polar surface area (TPSA) is 80.7 Å². The van der Waals surface area contributed by atoms with Gasteiger partial charge in [-0.3, -0.25) is 4.55 Å². The number of unbranched alkanes of at least 4 members (excludes halogenated alkanes) is 1. The van der Waals surface area contributed by atoms with Crippen LogP contribution in [-0.4, -0.2) is 31.3 Å². The Morgan fingerprint density at radius 3 is 2.53 bits per heavy atom. The molecule has 0 heterocycles. The monoisotopic (exact) mass is 236 g/mol. The van der Waals surface area contributed by atoms with Crippen molar-refractivity contribution < 1.29 is 22.5 Å². The Balaban J connectivity index is 3.79. The van der Waals surface area contributed by atoms with Gasteiger partial charge in [0.2, 0.25) is 0 Å². The van der Waals surface area contributed by atoms with Crippen molar-refractivity contribution in [2.45, 2.75) is 26.2 Å². The third-order valence-corrected chi connectivity index (χ3v) is 2.38. The van der Waals surface area contributed by atoms with E-state index < -0.39 is 21.8 Å². The first-order valence-corrected chi connectivity index (χ1v) is 6.27. The molecule has 0 rings (SSSR count). The molecule has 0 saturated heterocycles. The van der Waals surface area contributed by atoms with Crippen LogP contribution in [0, 0.1) is 0 Å². The maximum atomic E-state index is 11.1. The van der Waals surface area contributed by atoms with Gasteiger partial charge in [-0.2, -0.15) is 8.42 Å². The largest absolute Gasteiger partial charge is 0.461 e. The fourth-order valence-electron chi connectivity index (χ4n) is 0.834. The Morgan fingerprint density at radius 2 is 2.07 bits per heavy atom. The number of carbonyl (C=O) groups excluding carboxylic acids is 1. The second kappa shape index (κ2) is 6.58. The molecule has 1 N–H and O–H groups in total. The van der Waals surface area contributed by atoms with Gasteiger partial charge in [0.1, 0.15) is 12.4 Å². The Morgan fingerprint density at radius 1 is 1.47 bits per heavy atom. The molecule has 0 radical (unpaired) electrons. The summed E-state index contributed by atoms with van der Waals surface area (Å²) in [6.45, 7) is 5.16. The van der Waals surface area contributed by atoms with Crippen molar-refractivity contribution >= 4 is 16.1 Å². The van der Waals surface area contributed by atoms with Crippen LogP contribution in [0.15, 0.2) is 12.2 Å². The van der Waals surface area contributed by atoms with Gasteiger partial charge < -0.3 is 4.74 Å². The van der Waals surface area contributed by atoms with E-state index in [9.17, 15) is 13.2 Å². The molecule has 0 aliphatic heterocycles. The van der Waals surface area contributed by atoms with Crippen molar-refractivity contribution in [3.8, 4) is 0 Å². The molecule has 0 unspecified atom stereocenters. The van der Waals surface area contributed by atoms with Crippen LogP contribution >= 0.6 is 0 Å². The number of esters is 1. The summed E-state index contributed by atoms with van der Waals surface area (Å²) in [4.78, 5) is 11.1. The highest BCUT2D eigenvalue weighted by Gasteiger charge is 2.10. The fourth-order valence-corrected chi connectivity index (χ4v) is 1.13. The van der Waals surface area contributed by atoms with E-state index in [1.54, 1.807) is 0 Å². The third-order valence-electron chi connectivity index (χ3n) is 1.70. The maximum absolute atomic E-state index is 11.1. The summed E-state index contributed by atoms with van der Waals surface area (Å²) in [6.07, 6.45) is 2.32. The highest BCUT2D eigenvalue weighted by molar-refractivity contribution is 7.85. The molecule has 5 nitrogen and oxygen atoms in total. The van der Waals surface area contributed by atoms with Crippen LogP contribution in [0.25, 0.3) is 0 Å². The van der Waals surface area contributed by atoms with E-state index >= 15 is 0 Å². The molecule has 0 spiro atoms. The summed E-state index contributed by atoms with van der Waals surface area (Å²) in [6, 6.07) is 0. The van der Waals surface area contributed by atoms with E-state index in [2.05, 4.69) is 11.3 Å². The second-order valence-corrected chi connectivity index (χ2v) is 4.70. The minimum Gasteiger partial charge on any atom is -0.461 e. The molecule has 0 aromatic heterocycles. The first-order chi connectivity index (χ1) is 6.87. The number of rotatable bonds is 7. The summed E-state index contributed by atoms with van der Waals surface area (Å²) in [5.41, 5.74) is 0.326. The molecule has 0 atom stereocenters. The number of hydrogen-bond acceptors (Lipinski definition) is 4. The fraction of sp³-hybridized carbons (Fsp3) is 0.667. The Hall–Kier alpha value is -0.880. The minimum atomic E-state index is -4.07. The lowest BCUT2D eigenvalue weighted by molar-refractivity contribution is -0.138. The molecule has 6 heteroatoms. The van der Waals surface area contributed by atoms with E-state index in [-0.39, 0.29) is 6.61 Å². The Labute approximate surface area is 89.9 Å². The zero-order chi connectivity index (χ0) is 11.9. The van der Waals surface area contributed by atoms with Crippen LogP contribution in [0.2, 0.25) is 0 Å². The van der Waals surface area contributed by atoms with Crippen molar-refractivity contribution in [1.82, 2.24) is 0 Å². The quantitative estimate of drug-likeness (QED) is 0.407. The first kappa shape index (κ1) is 14.1. The molecule has 0 bridgehead atoms. The summed E-state index contributed by atoms with van der Waals surface area (Å²) in [7, 11) is -4.07. The van der Waals surface area contributed by atoms with Gasteiger partial charge in [-0.1, -0.05) is 19.9 Å². The van der Waals surface area contributed by atoms with Gasteiger partial charge in [0, 0.05) is 5.57 Å². The van der Waals surface area contributed by atoms with Gasteiger partial charge >= 0.3 is 5.97 Å². The van der Waals surface area contributed by atoms with Crippen LogP contribution in [0.1, 0.15) is 26.2 Å². The van der Waals surface area contributed by atoms with E-state index in [1.165, 1.54) is 0 Å². The van der Waals surface area contributed by atoms with E-state index in [4.69, 9.17) is 4.55 Å². The SMILES string of the molecule is C=C(CCCC)C(=O)OCCS(=O)(=O)O. The normalized spacial score (nSPS) is 11.1. The van der Waals surface area contributed by atoms with Crippen LogP contribution < -0.4 is 0 Å². The lowest BCUT2D eigenvalue weighted by Crippen LogP contribution is -2.15. The Bertz CT molecular complexity index is 317. The predicted octanol–water partition coefficient (Wildman–Crippen LogP) is 1.16. The summed E-state index contributed by atoms with van der Waals surface area (Å²) >= 11 is 0. The second-order valence-electron chi connectivity index (χ2n) is 3.13. The van der Waals surface area contributed by atoms with Crippen LogP contribution in [-0.2, 0) is 19.6 Å².